The van der Waals surface area contributed by atoms with Crippen molar-refractivity contribution in [3.05, 3.63) is 36.9 Å². The molecule has 2 nitrogen and oxygen atoms in total. The molecule has 1 saturated heterocycles. The van der Waals surface area contributed by atoms with Crippen molar-refractivity contribution in [1.29, 1.82) is 0 Å². The number of ether oxygens (including phenoxy) is 1. The summed E-state index contributed by atoms with van der Waals surface area (Å²) in [6.07, 6.45) is 3.01. The van der Waals surface area contributed by atoms with Crippen LogP contribution < -0.4 is 10.1 Å². The lowest BCUT2D eigenvalue weighted by molar-refractivity contribution is 0.363. The molecule has 1 aliphatic heterocycles. The van der Waals surface area contributed by atoms with Gasteiger partial charge in [-0.3, -0.25) is 0 Å². The number of benzene rings is 1. The summed E-state index contributed by atoms with van der Waals surface area (Å²) >= 11 is 2.01. The lowest BCUT2D eigenvalue weighted by atomic mass is 10.2. The lowest BCUT2D eigenvalue weighted by Crippen LogP contribution is -2.17. The average Bonchev–Trinajstić information content (AvgIpc) is 2.80. The molecule has 1 N–H and O–H groups in total. The molecule has 2 rings (SSSR count). The van der Waals surface area contributed by atoms with Gasteiger partial charge in [-0.15, -0.1) is 0 Å². The third-order valence-electron chi connectivity index (χ3n) is 2.50. The molecule has 3 heteroatoms. The molecule has 1 unspecified atom stereocenters. The fourth-order valence-corrected chi connectivity index (χ4v) is 2.87. The number of rotatable bonds is 5. The van der Waals surface area contributed by atoms with Crippen molar-refractivity contribution in [2.75, 3.05) is 23.4 Å². The zero-order valence-corrected chi connectivity index (χ0v) is 10.1. The summed E-state index contributed by atoms with van der Waals surface area (Å²) in [5.41, 5.74) is 1.15. The van der Waals surface area contributed by atoms with Gasteiger partial charge >= 0.3 is 0 Å². The Labute approximate surface area is 101 Å². The van der Waals surface area contributed by atoms with Crippen molar-refractivity contribution in [2.24, 2.45) is 0 Å². The summed E-state index contributed by atoms with van der Waals surface area (Å²) in [5.74, 6) is 3.37. The van der Waals surface area contributed by atoms with Crippen molar-refractivity contribution in [2.45, 2.75) is 12.5 Å². The quantitative estimate of drug-likeness (QED) is 0.792. The third-order valence-corrected chi connectivity index (χ3v) is 3.66. The fourth-order valence-electron chi connectivity index (χ4n) is 1.71. The van der Waals surface area contributed by atoms with Gasteiger partial charge in [-0.2, -0.15) is 11.8 Å². The van der Waals surface area contributed by atoms with Crippen molar-refractivity contribution >= 4 is 17.4 Å². The fraction of sp³-hybridized carbons (Fsp3) is 0.385. The molecule has 0 amide bonds. The van der Waals surface area contributed by atoms with E-state index in [1.165, 1.54) is 17.9 Å². The van der Waals surface area contributed by atoms with Crippen LogP contribution in [0.4, 0.5) is 5.69 Å². The molecule has 0 saturated carbocycles. The van der Waals surface area contributed by atoms with E-state index in [-0.39, 0.29) is 0 Å². The van der Waals surface area contributed by atoms with Gasteiger partial charge in [-0.25, -0.2) is 0 Å². The Morgan fingerprint density at radius 2 is 2.50 bits per heavy atom. The molecule has 0 radical (unpaired) electrons. The summed E-state index contributed by atoms with van der Waals surface area (Å²) in [6.45, 7) is 4.20. The highest BCUT2D eigenvalue weighted by Crippen LogP contribution is 2.23. The molecule has 0 spiro atoms. The van der Waals surface area contributed by atoms with Crippen molar-refractivity contribution in [3.8, 4) is 5.75 Å². The van der Waals surface area contributed by atoms with Crippen LogP contribution >= 0.6 is 11.8 Å². The number of thioether (sulfide) groups is 1. The summed E-state index contributed by atoms with van der Waals surface area (Å²) in [6, 6.07) is 8.73. The molecular formula is C13H17NOS. The van der Waals surface area contributed by atoms with E-state index in [0.717, 1.165) is 11.4 Å². The molecule has 1 atom stereocenters. The average molecular weight is 235 g/mol. The molecular weight excluding hydrogens is 218 g/mol. The second-order valence-corrected chi connectivity index (χ2v) is 4.98. The van der Waals surface area contributed by atoms with Crippen LogP contribution in [0, 0.1) is 0 Å². The van der Waals surface area contributed by atoms with Crippen LogP contribution in [0.1, 0.15) is 6.42 Å². The molecule has 0 aliphatic carbocycles. The topological polar surface area (TPSA) is 21.3 Å². The number of anilines is 1. The monoisotopic (exact) mass is 235 g/mol. The maximum absolute atomic E-state index is 5.50. The Morgan fingerprint density at radius 1 is 1.56 bits per heavy atom. The SMILES string of the molecule is C=CCOc1cccc(NC2CCSC2)c1. The minimum absolute atomic E-state index is 0.558. The zero-order chi connectivity index (χ0) is 11.2. The molecule has 1 aromatic rings. The minimum Gasteiger partial charge on any atom is -0.489 e. The second kappa shape index (κ2) is 5.85. The van der Waals surface area contributed by atoms with Gasteiger partial charge in [0.2, 0.25) is 0 Å². The van der Waals surface area contributed by atoms with Crippen LogP contribution in [0.25, 0.3) is 0 Å². The van der Waals surface area contributed by atoms with E-state index in [4.69, 9.17) is 4.74 Å². The van der Waals surface area contributed by atoms with Gasteiger partial charge in [-0.1, -0.05) is 18.7 Å². The van der Waals surface area contributed by atoms with Crippen molar-refractivity contribution in [1.82, 2.24) is 0 Å². The largest absolute Gasteiger partial charge is 0.489 e. The maximum Gasteiger partial charge on any atom is 0.121 e. The van der Waals surface area contributed by atoms with Gasteiger partial charge in [0.25, 0.3) is 0 Å². The summed E-state index contributed by atoms with van der Waals surface area (Å²) in [4.78, 5) is 0. The second-order valence-electron chi connectivity index (χ2n) is 3.83. The van der Waals surface area contributed by atoms with E-state index in [1.54, 1.807) is 6.08 Å². The lowest BCUT2D eigenvalue weighted by Gasteiger charge is -2.13. The Balaban J connectivity index is 1.94. The standard InChI is InChI=1S/C13H17NOS/c1-2-7-15-13-5-3-4-11(9-13)14-12-6-8-16-10-12/h2-5,9,12,14H,1,6-8,10H2. The van der Waals surface area contributed by atoms with Crippen LogP contribution in [0.15, 0.2) is 36.9 Å². The highest BCUT2D eigenvalue weighted by Gasteiger charge is 2.14. The van der Waals surface area contributed by atoms with Crippen molar-refractivity contribution in [3.63, 3.8) is 0 Å². The molecule has 0 aromatic heterocycles. The molecule has 86 valence electrons. The van der Waals surface area contributed by atoms with E-state index in [2.05, 4.69) is 18.0 Å². The van der Waals surface area contributed by atoms with E-state index < -0.39 is 0 Å². The minimum atomic E-state index is 0.558. The molecule has 1 aromatic carbocycles. The van der Waals surface area contributed by atoms with E-state index in [0.29, 0.717) is 12.6 Å². The van der Waals surface area contributed by atoms with Gasteiger partial charge in [-0.05, 0) is 24.3 Å². The first-order valence-electron chi connectivity index (χ1n) is 5.56. The van der Waals surface area contributed by atoms with E-state index in [1.807, 2.05) is 30.0 Å². The molecule has 1 aliphatic rings. The first-order chi connectivity index (χ1) is 7.88. The van der Waals surface area contributed by atoms with Crippen LogP contribution in [0.3, 0.4) is 0 Å². The predicted molar refractivity (Wildman–Crippen MR) is 71.5 cm³/mol. The number of nitrogens with one attached hydrogen (secondary N) is 1. The summed E-state index contributed by atoms with van der Waals surface area (Å²) in [7, 11) is 0. The molecule has 16 heavy (non-hydrogen) atoms. The summed E-state index contributed by atoms with van der Waals surface area (Å²) < 4.78 is 5.50. The van der Waals surface area contributed by atoms with Crippen LogP contribution in [0.2, 0.25) is 0 Å². The van der Waals surface area contributed by atoms with Gasteiger partial charge < -0.3 is 10.1 Å². The first kappa shape index (κ1) is 11.4. The molecule has 1 heterocycles. The Morgan fingerprint density at radius 3 is 3.25 bits per heavy atom. The zero-order valence-electron chi connectivity index (χ0n) is 9.32. The highest BCUT2D eigenvalue weighted by atomic mass is 32.2. The van der Waals surface area contributed by atoms with Gasteiger partial charge in [0, 0.05) is 23.5 Å². The maximum atomic E-state index is 5.50. The van der Waals surface area contributed by atoms with Crippen LogP contribution in [0.5, 0.6) is 5.75 Å². The van der Waals surface area contributed by atoms with Crippen LogP contribution in [-0.4, -0.2) is 24.2 Å². The Hall–Kier alpha value is -1.09. The Kier molecular flexibility index (Phi) is 4.17. The predicted octanol–water partition coefficient (Wildman–Crippen LogP) is 3.17. The third kappa shape index (κ3) is 3.20. The molecule has 0 bridgehead atoms. The van der Waals surface area contributed by atoms with Crippen LogP contribution in [-0.2, 0) is 0 Å². The number of hydrogen-bond donors (Lipinski definition) is 1. The van der Waals surface area contributed by atoms with Gasteiger partial charge in [0.1, 0.15) is 12.4 Å². The first-order valence-corrected chi connectivity index (χ1v) is 6.72. The normalized spacial score (nSPS) is 19.4. The highest BCUT2D eigenvalue weighted by molar-refractivity contribution is 7.99. The van der Waals surface area contributed by atoms with Gasteiger partial charge in [0.05, 0.1) is 0 Å². The molecule has 1 fully saturated rings. The van der Waals surface area contributed by atoms with E-state index >= 15 is 0 Å². The van der Waals surface area contributed by atoms with Gasteiger partial charge in [0.15, 0.2) is 0 Å². The summed E-state index contributed by atoms with van der Waals surface area (Å²) in [5, 5.41) is 3.53. The Bertz CT molecular complexity index is 348. The van der Waals surface area contributed by atoms with Crippen molar-refractivity contribution < 1.29 is 4.74 Å². The number of hydrogen-bond acceptors (Lipinski definition) is 3. The smallest absolute Gasteiger partial charge is 0.121 e. The van der Waals surface area contributed by atoms with E-state index in [9.17, 15) is 0 Å².